The normalized spacial score (nSPS) is 23.7. The Balaban J connectivity index is 1.68. The fourth-order valence-electron chi connectivity index (χ4n) is 3.16. The first-order valence-corrected chi connectivity index (χ1v) is 8.32. The number of hydrogen-bond acceptors (Lipinski definition) is 3. The van der Waals surface area contributed by atoms with Crippen molar-refractivity contribution in [2.24, 2.45) is 11.8 Å². The first-order chi connectivity index (χ1) is 10.9. The van der Waals surface area contributed by atoms with Crippen molar-refractivity contribution in [3.63, 3.8) is 0 Å². The fraction of sp³-hybridized carbons (Fsp3) is 0.529. The van der Waals surface area contributed by atoms with E-state index in [2.05, 4.69) is 5.32 Å². The molecule has 0 bridgehead atoms. The maximum atomic E-state index is 12.6. The molecule has 2 unspecified atom stereocenters. The maximum absolute atomic E-state index is 12.6. The number of carbonyl (C=O) groups is 2. The van der Waals surface area contributed by atoms with Gasteiger partial charge in [-0.15, -0.1) is 0 Å². The molecule has 1 saturated carbocycles. The summed E-state index contributed by atoms with van der Waals surface area (Å²) < 4.78 is 0. The minimum atomic E-state index is -0.685. The molecule has 2 amide bonds. The van der Waals surface area contributed by atoms with Crippen LogP contribution in [0.15, 0.2) is 24.3 Å². The van der Waals surface area contributed by atoms with Crippen LogP contribution in [0.1, 0.15) is 26.2 Å². The van der Waals surface area contributed by atoms with Crippen LogP contribution < -0.4 is 10.2 Å². The van der Waals surface area contributed by atoms with Crippen LogP contribution in [0.3, 0.4) is 0 Å². The minimum absolute atomic E-state index is 0.106. The third-order valence-electron chi connectivity index (χ3n) is 4.88. The molecule has 2 aliphatic rings. The molecule has 0 radical (unpaired) electrons. The van der Waals surface area contributed by atoms with Gasteiger partial charge in [-0.25, -0.2) is 0 Å². The van der Waals surface area contributed by atoms with Gasteiger partial charge >= 0.3 is 0 Å². The van der Waals surface area contributed by atoms with Gasteiger partial charge in [0.15, 0.2) is 0 Å². The lowest BCUT2D eigenvalue weighted by Crippen LogP contribution is -2.53. The molecule has 0 aromatic heterocycles. The summed E-state index contributed by atoms with van der Waals surface area (Å²) in [6, 6.07) is 7.02. The number of nitrogens with zero attached hydrogens (tertiary/aromatic N) is 1. The molecule has 1 aromatic rings. The highest BCUT2D eigenvalue weighted by Crippen LogP contribution is 2.39. The Hall–Kier alpha value is -1.59. The number of rotatable bonds is 5. The number of aliphatic hydroxyl groups is 1. The highest BCUT2D eigenvalue weighted by molar-refractivity contribution is 6.30. The number of carbonyl (C=O) groups excluding carboxylic acids is 2. The van der Waals surface area contributed by atoms with Crippen molar-refractivity contribution in [2.75, 3.05) is 18.1 Å². The Bertz CT molecular complexity index is 615. The van der Waals surface area contributed by atoms with Gasteiger partial charge < -0.3 is 15.3 Å². The van der Waals surface area contributed by atoms with Crippen LogP contribution in [0.4, 0.5) is 5.69 Å². The van der Waals surface area contributed by atoms with E-state index in [-0.39, 0.29) is 18.4 Å². The number of benzene rings is 1. The Morgan fingerprint density at radius 2 is 2.00 bits per heavy atom. The third-order valence-corrected chi connectivity index (χ3v) is 5.13. The van der Waals surface area contributed by atoms with Crippen LogP contribution in [-0.4, -0.2) is 35.6 Å². The number of halogens is 1. The van der Waals surface area contributed by atoms with Crippen molar-refractivity contribution in [2.45, 2.75) is 31.7 Å². The molecule has 1 heterocycles. The number of aliphatic hydroxyl groups excluding tert-OH is 1. The summed E-state index contributed by atoms with van der Waals surface area (Å²) in [7, 11) is 0. The van der Waals surface area contributed by atoms with Crippen LogP contribution in [0, 0.1) is 11.8 Å². The predicted octanol–water partition coefficient (Wildman–Crippen LogP) is 1.97. The van der Waals surface area contributed by atoms with E-state index in [0.29, 0.717) is 23.9 Å². The van der Waals surface area contributed by atoms with Gasteiger partial charge in [-0.2, -0.15) is 0 Å². The zero-order valence-electron chi connectivity index (χ0n) is 13.1. The van der Waals surface area contributed by atoms with Crippen molar-refractivity contribution < 1.29 is 14.7 Å². The van der Waals surface area contributed by atoms with Gasteiger partial charge in [-0.1, -0.05) is 11.6 Å². The van der Waals surface area contributed by atoms with Crippen molar-refractivity contribution >= 4 is 29.1 Å². The van der Waals surface area contributed by atoms with Crippen LogP contribution in [-0.2, 0) is 9.59 Å². The van der Waals surface area contributed by atoms with E-state index >= 15 is 0 Å². The fourth-order valence-corrected chi connectivity index (χ4v) is 3.29. The quantitative estimate of drug-likeness (QED) is 0.808. The van der Waals surface area contributed by atoms with E-state index in [1.807, 2.05) is 6.92 Å². The third kappa shape index (κ3) is 3.21. The molecule has 1 aliphatic carbocycles. The molecule has 0 spiro atoms. The SMILES string of the molecule is CC(CO)(NC(=O)C1CCN(c2ccc(Cl)cc2)C1=O)C1CC1. The highest BCUT2D eigenvalue weighted by atomic mass is 35.5. The van der Waals surface area contributed by atoms with Crippen LogP contribution in [0.2, 0.25) is 5.02 Å². The van der Waals surface area contributed by atoms with E-state index in [1.54, 1.807) is 29.2 Å². The maximum Gasteiger partial charge on any atom is 0.239 e. The van der Waals surface area contributed by atoms with Crippen LogP contribution in [0.5, 0.6) is 0 Å². The highest BCUT2D eigenvalue weighted by Gasteiger charge is 2.45. The molecular weight excluding hydrogens is 316 g/mol. The van der Waals surface area contributed by atoms with Crippen molar-refractivity contribution in [3.05, 3.63) is 29.3 Å². The van der Waals surface area contributed by atoms with E-state index in [4.69, 9.17) is 11.6 Å². The number of nitrogens with one attached hydrogen (secondary N) is 1. The van der Waals surface area contributed by atoms with Gasteiger partial charge in [-0.3, -0.25) is 9.59 Å². The molecule has 1 saturated heterocycles. The second kappa shape index (κ2) is 6.13. The standard InChI is InChI=1S/C17H21ClN2O3/c1-17(10-21,11-2-3-11)19-15(22)14-8-9-20(16(14)23)13-6-4-12(18)5-7-13/h4-7,11,14,21H,2-3,8-10H2,1H3,(H,19,22). The largest absolute Gasteiger partial charge is 0.394 e. The summed E-state index contributed by atoms with van der Waals surface area (Å²) in [4.78, 5) is 26.7. The lowest BCUT2D eigenvalue weighted by Gasteiger charge is -2.30. The first-order valence-electron chi connectivity index (χ1n) is 7.94. The molecular formula is C17H21ClN2O3. The Kier molecular flexibility index (Phi) is 4.34. The zero-order valence-corrected chi connectivity index (χ0v) is 13.8. The number of anilines is 1. The average molecular weight is 337 g/mol. The van der Waals surface area contributed by atoms with Gasteiger partial charge in [0.2, 0.25) is 11.8 Å². The molecule has 1 aliphatic heterocycles. The van der Waals surface area contributed by atoms with Gasteiger partial charge in [0.25, 0.3) is 0 Å². The molecule has 5 nitrogen and oxygen atoms in total. The summed E-state index contributed by atoms with van der Waals surface area (Å²) >= 11 is 5.87. The predicted molar refractivity (Wildman–Crippen MR) is 88.3 cm³/mol. The molecule has 6 heteroatoms. The average Bonchev–Trinajstić information content (AvgIpc) is 3.32. The van der Waals surface area contributed by atoms with Crippen LogP contribution in [0.25, 0.3) is 0 Å². The zero-order chi connectivity index (χ0) is 16.6. The van der Waals surface area contributed by atoms with Crippen molar-refractivity contribution in [1.82, 2.24) is 5.32 Å². The Morgan fingerprint density at radius 1 is 1.35 bits per heavy atom. The first kappa shape index (κ1) is 16.3. The Morgan fingerprint density at radius 3 is 2.57 bits per heavy atom. The summed E-state index contributed by atoms with van der Waals surface area (Å²) in [6.45, 7) is 2.25. The smallest absolute Gasteiger partial charge is 0.239 e. The molecule has 1 aromatic carbocycles. The lowest BCUT2D eigenvalue weighted by molar-refractivity contribution is -0.133. The monoisotopic (exact) mass is 336 g/mol. The topological polar surface area (TPSA) is 69.6 Å². The van der Waals surface area contributed by atoms with E-state index in [1.165, 1.54) is 0 Å². The van der Waals surface area contributed by atoms with E-state index in [0.717, 1.165) is 18.5 Å². The lowest BCUT2D eigenvalue weighted by atomic mass is 9.95. The number of amides is 2. The second-order valence-corrected chi connectivity index (χ2v) is 7.08. The molecule has 2 N–H and O–H groups in total. The molecule has 3 rings (SSSR count). The van der Waals surface area contributed by atoms with E-state index in [9.17, 15) is 14.7 Å². The van der Waals surface area contributed by atoms with Crippen LogP contribution >= 0.6 is 11.6 Å². The van der Waals surface area contributed by atoms with Gasteiger partial charge in [0.05, 0.1) is 12.1 Å². The van der Waals surface area contributed by atoms with E-state index < -0.39 is 11.5 Å². The summed E-state index contributed by atoms with van der Waals surface area (Å²) in [5.41, 5.74) is 0.132. The van der Waals surface area contributed by atoms with Gasteiger partial charge in [0, 0.05) is 17.3 Å². The molecule has 2 atom stereocenters. The molecule has 2 fully saturated rings. The summed E-state index contributed by atoms with van der Waals surface area (Å²) in [5, 5.41) is 13.1. The second-order valence-electron chi connectivity index (χ2n) is 6.65. The van der Waals surface area contributed by atoms with Gasteiger partial charge in [-0.05, 0) is 56.4 Å². The molecule has 124 valence electrons. The Labute approximate surface area is 140 Å². The number of hydrogen-bond donors (Lipinski definition) is 2. The van der Waals surface area contributed by atoms with Crippen molar-refractivity contribution in [1.29, 1.82) is 0 Å². The molecule has 23 heavy (non-hydrogen) atoms. The minimum Gasteiger partial charge on any atom is -0.394 e. The summed E-state index contributed by atoms with van der Waals surface area (Å²) in [5.74, 6) is -0.855. The van der Waals surface area contributed by atoms with Crippen molar-refractivity contribution in [3.8, 4) is 0 Å². The summed E-state index contributed by atoms with van der Waals surface area (Å²) in [6.07, 6.45) is 2.50. The van der Waals surface area contributed by atoms with Gasteiger partial charge in [0.1, 0.15) is 5.92 Å².